The molecule has 0 spiro atoms. The molecule has 40 heavy (non-hydrogen) atoms. The van der Waals surface area contributed by atoms with Gasteiger partial charge in [-0.25, -0.2) is 4.21 Å². The Kier molecular flexibility index (Phi) is 12.1. The van der Waals surface area contributed by atoms with Gasteiger partial charge >= 0.3 is 5.97 Å². The second kappa shape index (κ2) is 15.1. The highest BCUT2D eigenvalue weighted by Gasteiger charge is 2.45. The molecule has 2 saturated carbocycles. The van der Waals surface area contributed by atoms with Crippen molar-refractivity contribution in [2.24, 2.45) is 17.3 Å². The lowest BCUT2D eigenvalue weighted by Crippen LogP contribution is -2.48. The maximum Gasteiger partial charge on any atom is 0.311 e. The van der Waals surface area contributed by atoms with Crippen LogP contribution in [0.25, 0.3) is 0 Å². The van der Waals surface area contributed by atoms with E-state index in [1.807, 2.05) is 26.8 Å². The number of nitrogens with one attached hydrogen (secondary N) is 2. The zero-order chi connectivity index (χ0) is 29.2. The van der Waals surface area contributed by atoms with Crippen LogP contribution in [-0.2, 0) is 39.6 Å². The van der Waals surface area contributed by atoms with Crippen LogP contribution in [0.2, 0.25) is 0 Å². The molecule has 2 atom stereocenters. The average Bonchev–Trinajstić information content (AvgIpc) is 3.40. The van der Waals surface area contributed by atoms with Crippen LogP contribution in [0.15, 0.2) is 35.2 Å². The molecule has 0 heterocycles. The Morgan fingerprint density at radius 1 is 1.02 bits per heavy atom. The van der Waals surface area contributed by atoms with E-state index in [1.54, 1.807) is 31.4 Å². The fourth-order valence-electron chi connectivity index (χ4n) is 5.63. The summed E-state index contributed by atoms with van der Waals surface area (Å²) in [6.07, 6.45) is 6.27. The molecule has 2 amide bonds. The van der Waals surface area contributed by atoms with E-state index in [4.69, 9.17) is 14.2 Å². The standard InChI is InChI=1S/C30H46N2O7S/c1-29(2,3)39-27(34)23(21-38-19-18-37-4)20-30(16-8-9-17-30)28(35)31-24-14-12-22(13-15-24)26(33)32-40(36)25-10-6-5-7-11-25/h5-7,10-11,22-24H,8-9,12-21H2,1-4H3,(H,31,35)(H,32,33). The number of amides is 2. The van der Waals surface area contributed by atoms with E-state index < -0.39 is 27.9 Å². The largest absolute Gasteiger partial charge is 0.460 e. The smallest absolute Gasteiger partial charge is 0.311 e. The number of rotatable bonds is 13. The predicted octanol–water partition coefficient (Wildman–Crippen LogP) is 4.07. The third kappa shape index (κ3) is 9.66. The monoisotopic (exact) mass is 578 g/mol. The molecule has 1 aromatic carbocycles. The number of carbonyl (C=O) groups is 3. The van der Waals surface area contributed by atoms with Gasteiger partial charge in [0.2, 0.25) is 11.8 Å². The van der Waals surface area contributed by atoms with Gasteiger partial charge in [0.15, 0.2) is 11.0 Å². The topological polar surface area (TPSA) is 120 Å². The summed E-state index contributed by atoms with van der Waals surface area (Å²) in [7, 11) is 0.0102. The first-order valence-electron chi connectivity index (χ1n) is 14.4. The maximum atomic E-state index is 13.7. The molecule has 2 unspecified atom stereocenters. The van der Waals surface area contributed by atoms with Gasteiger partial charge in [-0.1, -0.05) is 31.0 Å². The van der Waals surface area contributed by atoms with Crippen LogP contribution < -0.4 is 10.0 Å². The summed E-state index contributed by atoms with van der Waals surface area (Å²) in [5, 5.41) is 3.25. The summed E-state index contributed by atoms with van der Waals surface area (Å²) in [5.41, 5.74) is -1.28. The minimum absolute atomic E-state index is 0.0199. The Bertz CT molecular complexity index is 997. The summed E-state index contributed by atoms with van der Waals surface area (Å²) in [4.78, 5) is 40.1. The minimum atomic E-state index is -1.59. The molecule has 10 heteroatoms. The highest BCUT2D eigenvalue weighted by molar-refractivity contribution is 7.83. The zero-order valence-electron chi connectivity index (χ0n) is 24.4. The number of carbonyl (C=O) groups excluding carboxylic acids is 3. The highest BCUT2D eigenvalue weighted by Crippen LogP contribution is 2.44. The van der Waals surface area contributed by atoms with Gasteiger partial charge in [-0.05, 0) is 77.8 Å². The lowest BCUT2D eigenvalue weighted by atomic mass is 9.76. The van der Waals surface area contributed by atoms with E-state index >= 15 is 0 Å². The molecule has 9 nitrogen and oxygen atoms in total. The molecule has 3 rings (SSSR count). The van der Waals surface area contributed by atoms with Crippen molar-refractivity contribution in [2.75, 3.05) is 26.9 Å². The lowest BCUT2D eigenvalue weighted by Gasteiger charge is -2.35. The van der Waals surface area contributed by atoms with E-state index in [0.717, 1.165) is 25.7 Å². The van der Waals surface area contributed by atoms with Crippen LogP contribution in [0.5, 0.6) is 0 Å². The number of hydrogen-bond donors (Lipinski definition) is 2. The fraction of sp³-hybridized carbons (Fsp3) is 0.700. The van der Waals surface area contributed by atoms with Crippen molar-refractivity contribution in [2.45, 2.75) is 95.1 Å². The van der Waals surface area contributed by atoms with Crippen LogP contribution in [-0.4, -0.2) is 60.6 Å². The summed E-state index contributed by atoms with van der Waals surface area (Å²) < 4.78 is 31.6. The van der Waals surface area contributed by atoms with E-state index in [-0.39, 0.29) is 36.4 Å². The Morgan fingerprint density at radius 3 is 2.27 bits per heavy atom. The zero-order valence-corrected chi connectivity index (χ0v) is 25.2. The second-order valence-electron chi connectivity index (χ2n) is 12.1. The molecular formula is C30H46N2O7S. The number of benzene rings is 1. The maximum absolute atomic E-state index is 13.7. The molecule has 1 aromatic rings. The summed E-state index contributed by atoms with van der Waals surface area (Å²) >= 11 is 0. The third-order valence-electron chi connectivity index (χ3n) is 7.75. The van der Waals surface area contributed by atoms with Crippen LogP contribution >= 0.6 is 0 Å². The lowest BCUT2D eigenvalue weighted by molar-refractivity contribution is -0.164. The number of methoxy groups -OCH3 is 1. The minimum Gasteiger partial charge on any atom is -0.460 e. The number of hydrogen-bond acceptors (Lipinski definition) is 7. The van der Waals surface area contributed by atoms with E-state index in [2.05, 4.69) is 10.0 Å². The van der Waals surface area contributed by atoms with Gasteiger partial charge in [-0.3, -0.25) is 19.1 Å². The molecule has 0 bridgehead atoms. The van der Waals surface area contributed by atoms with Crippen LogP contribution in [0.4, 0.5) is 0 Å². The van der Waals surface area contributed by atoms with Crippen LogP contribution in [0.1, 0.15) is 78.6 Å². The molecule has 2 N–H and O–H groups in total. The summed E-state index contributed by atoms with van der Waals surface area (Å²) in [6, 6.07) is 8.82. The number of esters is 1. The first kappa shape index (κ1) is 32.2. The summed E-state index contributed by atoms with van der Waals surface area (Å²) in [5.74, 6) is -1.36. The van der Waals surface area contributed by atoms with Gasteiger partial charge in [0, 0.05) is 19.1 Å². The molecule has 2 aliphatic carbocycles. The normalized spacial score (nSPS) is 22.2. The molecule has 0 aromatic heterocycles. The van der Waals surface area contributed by atoms with Crippen molar-refractivity contribution in [3.8, 4) is 0 Å². The Hall–Kier alpha value is -2.30. The Balaban J connectivity index is 1.57. The van der Waals surface area contributed by atoms with Gasteiger partial charge in [-0.2, -0.15) is 0 Å². The van der Waals surface area contributed by atoms with Gasteiger partial charge in [0.05, 0.1) is 36.0 Å². The molecule has 0 radical (unpaired) electrons. The first-order chi connectivity index (χ1) is 19.0. The van der Waals surface area contributed by atoms with Crippen LogP contribution in [0.3, 0.4) is 0 Å². The van der Waals surface area contributed by atoms with E-state index in [1.165, 1.54) is 0 Å². The molecule has 224 valence electrons. The molecule has 0 aliphatic heterocycles. The molecule has 2 fully saturated rings. The fourth-order valence-corrected chi connectivity index (χ4v) is 6.50. The van der Waals surface area contributed by atoms with Crippen molar-refractivity contribution >= 4 is 28.8 Å². The molecule has 0 saturated heterocycles. The quantitative estimate of drug-likeness (QED) is 0.267. The Labute approximate surface area is 241 Å². The van der Waals surface area contributed by atoms with Crippen molar-refractivity contribution in [3.63, 3.8) is 0 Å². The van der Waals surface area contributed by atoms with E-state index in [0.29, 0.717) is 50.2 Å². The first-order valence-corrected chi connectivity index (χ1v) is 15.6. The van der Waals surface area contributed by atoms with Crippen molar-refractivity contribution < 1.29 is 32.8 Å². The van der Waals surface area contributed by atoms with E-state index in [9.17, 15) is 18.6 Å². The average molecular weight is 579 g/mol. The SMILES string of the molecule is COCCOCC(CC1(C(=O)NC2CCC(C(=O)NS(=O)c3ccccc3)CC2)CCCC1)C(=O)OC(C)(C)C. The van der Waals surface area contributed by atoms with Gasteiger partial charge < -0.3 is 19.5 Å². The molecular weight excluding hydrogens is 532 g/mol. The summed E-state index contributed by atoms with van der Waals surface area (Å²) in [6.45, 7) is 6.48. The van der Waals surface area contributed by atoms with Crippen LogP contribution in [0, 0.1) is 17.3 Å². The van der Waals surface area contributed by atoms with Gasteiger partial charge in [0.25, 0.3) is 0 Å². The number of ether oxygens (including phenoxy) is 3. The van der Waals surface area contributed by atoms with Crippen molar-refractivity contribution in [1.82, 2.24) is 10.0 Å². The predicted molar refractivity (Wildman–Crippen MR) is 152 cm³/mol. The molecule has 2 aliphatic rings. The van der Waals surface area contributed by atoms with Crippen molar-refractivity contribution in [3.05, 3.63) is 30.3 Å². The van der Waals surface area contributed by atoms with Gasteiger partial charge in [-0.15, -0.1) is 0 Å². The highest BCUT2D eigenvalue weighted by atomic mass is 32.2. The van der Waals surface area contributed by atoms with Gasteiger partial charge in [0.1, 0.15) is 5.60 Å². The second-order valence-corrected chi connectivity index (χ2v) is 13.3. The van der Waals surface area contributed by atoms with Crippen molar-refractivity contribution in [1.29, 1.82) is 0 Å². The third-order valence-corrected chi connectivity index (χ3v) is 8.84. The Morgan fingerprint density at radius 2 is 1.68 bits per heavy atom.